The van der Waals surface area contributed by atoms with Crippen LogP contribution in [-0.4, -0.2) is 10.0 Å². The first-order chi connectivity index (χ1) is 5.18. The maximum Gasteiger partial charge on any atom is 0.198 e. The molecule has 3 heteroatoms. The van der Waals surface area contributed by atoms with Crippen LogP contribution in [0.15, 0.2) is 0 Å². The van der Waals surface area contributed by atoms with E-state index in [1.165, 1.54) is 25.7 Å². The second-order valence-corrected chi connectivity index (χ2v) is 4.82. The van der Waals surface area contributed by atoms with E-state index in [1.807, 2.05) is 0 Å². The highest BCUT2D eigenvalue weighted by atomic mass is 79.9. The first kappa shape index (κ1) is 9.72. The maximum atomic E-state index is 10.9. The fourth-order valence-corrected chi connectivity index (χ4v) is 3.13. The van der Waals surface area contributed by atoms with Crippen molar-refractivity contribution in [3.63, 3.8) is 0 Å². The van der Waals surface area contributed by atoms with Gasteiger partial charge < -0.3 is 0 Å². The fraction of sp³-hybridized carbons (Fsp3) is 0.875. The van der Waals surface area contributed by atoms with Crippen LogP contribution in [0.1, 0.15) is 32.1 Å². The third-order valence-corrected chi connectivity index (χ3v) is 3.93. The Morgan fingerprint density at radius 2 is 1.91 bits per heavy atom. The number of hydrogen-bond acceptors (Lipinski definition) is 1. The van der Waals surface area contributed by atoms with Gasteiger partial charge in [-0.2, -0.15) is 0 Å². The summed E-state index contributed by atoms with van der Waals surface area (Å²) in [5.41, 5.74) is 0.278. The molecule has 1 rings (SSSR count). The van der Waals surface area contributed by atoms with E-state index in [0.717, 1.165) is 5.33 Å². The van der Waals surface area contributed by atoms with Gasteiger partial charge in [-0.15, -0.1) is 0 Å². The molecule has 0 aromatic carbocycles. The molecule has 0 spiro atoms. The van der Waals surface area contributed by atoms with Crippen LogP contribution in [-0.2, 0) is 4.79 Å². The highest BCUT2D eigenvalue weighted by Gasteiger charge is 2.34. The third-order valence-electron chi connectivity index (χ3n) is 2.46. The standard InChI is InChI=1S/C8H12Br2O/c9-6-8(5-7(10)11)3-1-2-4-8/h1-6H2. The predicted octanol–water partition coefficient (Wildman–Crippen LogP) is 3.25. The summed E-state index contributed by atoms with van der Waals surface area (Å²) >= 11 is 6.49. The Bertz CT molecular complexity index is 150. The van der Waals surface area contributed by atoms with Crippen LogP contribution < -0.4 is 0 Å². The molecule has 1 aliphatic carbocycles. The molecule has 0 aromatic heterocycles. The zero-order valence-corrected chi connectivity index (χ0v) is 9.58. The predicted molar refractivity (Wildman–Crippen MR) is 53.2 cm³/mol. The van der Waals surface area contributed by atoms with Gasteiger partial charge in [0.25, 0.3) is 0 Å². The van der Waals surface area contributed by atoms with Gasteiger partial charge in [0.1, 0.15) is 0 Å². The summed E-state index contributed by atoms with van der Waals surface area (Å²) in [6, 6.07) is 0. The van der Waals surface area contributed by atoms with Gasteiger partial charge in [-0.05, 0) is 34.2 Å². The van der Waals surface area contributed by atoms with Crippen molar-refractivity contribution in [2.45, 2.75) is 32.1 Å². The molecule has 0 atom stereocenters. The van der Waals surface area contributed by atoms with E-state index in [9.17, 15) is 4.79 Å². The smallest absolute Gasteiger partial charge is 0.198 e. The summed E-state index contributed by atoms with van der Waals surface area (Å²) in [6.07, 6.45) is 5.67. The van der Waals surface area contributed by atoms with Gasteiger partial charge in [0, 0.05) is 11.8 Å². The summed E-state index contributed by atoms with van der Waals surface area (Å²) in [4.78, 5) is 10.9. The van der Waals surface area contributed by atoms with E-state index in [-0.39, 0.29) is 10.1 Å². The average Bonchev–Trinajstić information content (AvgIpc) is 2.36. The molecule has 0 radical (unpaired) electrons. The Labute approximate surface area is 84.2 Å². The number of hydrogen-bond donors (Lipinski definition) is 0. The second-order valence-electron chi connectivity index (χ2n) is 3.37. The average molecular weight is 284 g/mol. The molecule has 0 saturated heterocycles. The summed E-state index contributed by atoms with van der Waals surface area (Å²) in [7, 11) is 0. The maximum absolute atomic E-state index is 10.9. The van der Waals surface area contributed by atoms with Gasteiger partial charge in [0.05, 0.1) is 0 Å². The van der Waals surface area contributed by atoms with Gasteiger partial charge in [-0.3, -0.25) is 4.79 Å². The normalized spacial score (nSPS) is 22.0. The van der Waals surface area contributed by atoms with Gasteiger partial charge in [0.15, 0.2) is 4.69 Å². The van der Waals surface area contributed by atoms with Crippen molar-refractivity contribution in [1.29, 1.82) is 0 Å². The third kappa shape index (κ3) is 2.55. The Morgan fingerprint density at radius 1 is 1.36 bits per heavy atom. The van der Waals surface area contributed by atoms with Crippen molar-refractivity contribution in [2.75, 3.05) is 5.33 Å². The van der Waals surface area contributed by atoms with Crippen molar-refractivity contribution < 1.29 is 4.79 Å². The van der Waals surface area contributed by atoms with Crippen molar-refractivity contribution in [2.24, 2.45) is 5.41 Å². The molecule has 1 aliphatic rings. The van der Waals surface area contributed by atoms with Gasteiger partial charge >= 0.3 is 0 Å². The van der Waals surface area contributed by atoms with E-state index in [2.05, 4.69) is 31.9 Å². The van der Waals surface area contributed by atoms with Crippen molar-refractivity contribution in [3.05, 3.63) is 0 Å². The lowest BCUT2D eigenvalue weighted by Gasteiger charge is -2.23. The zero-order valence-electron chi connectivity index (χ0n) is 6.41. The van der Waals surface area contributed by atoms with Crippen molar-refractivity contribution >= 4 is 36.6 Å². The molecule has 1 fully saturated rings. The molecule has 1 saturated carbocycles. The van der Waals surface area contributed by atoms with E-state index in [4.69, 9.17) is 0 Å². The van der Waals surface area contributed by atoms with Gasteiger partial charge in [-0.1, -0.05) is 28.8 Å². The van der Waals surface area contributed by atoms with Crippen LogP contribution in [0.25, 0.3) is 0 Å². The minimum Gasteiger partial charge on any atom is -0.287 e. The fourth-order valence-electron chi connectivity index (χ4n) is 1.78. The Morgan fingerprint density at radius 3 is 2.27 bits per heavy atom. The molecule has 64 valence electrons. The van der Waals surface area contributed by atoms with Crippen LogP contribution in [0, 0.1) is 5.41 Å². The molecular weight excluding hydrogens is 272 g/mol. The lowest BCUT2D eigenvalue weighted by Crippen LogP contribution is -2.20. The first-order valence-corrected chi connectivity index (χ1v) is 5.84. The number of rotatable bonds is 3. The van der Waals surface area contributed by atoms with E-state index in [0.29, 0.717) is 6.42 Å². The number of halogens is 2. The molecule has 0 amide bonds. The monoisotopic (exact) mass is 282 g/mol. The lowest BCUT2D eigenvalue weighted by molar-refractivity contribution is -0.112. The van der Waals surface area contributed by atoms with Crippen LogP contribution in [0.4, 0.5) is 0 Å². The van der Waals surface area contributed by atoms with Gasteiger partial charge in [0.2, 0.25) is 0 Å². The van der Waals surface area contributed by atoms with Crippen molar-refractivity contribution in [3.8, 4) is 0 Å². The van der Waals surface area contributed by atoms with E-state index < -0.39 is 0 Å². The molecule has 0 N–H and O–H groups in total. The first-order valence-electron chi connectivity index (χ1n) is 3.93. The summed E-state index contributed by atoms with van der Waals surface area (Å²) in [5, 5.41) is 0.970. The van der Waals surface area contributed by atoms with Crippen LogP contribution in [0.2, 0.25) is 0 Å². The molecule has 0 aliphatic heterocycles. The Hall–Kier alpha value is 0.630. The number of carbonyl (C=O) groups is 1. The van der Waals surface area contributed by atoms with Gasteiger partial charge in [-0.25, -0.2) is 0 Å². The van der Waals surface area contributed by atoms with E-state index in [1.54, 1.807) is 0 Å². The highest BCUT2D eigenvalue weighted by Crippen LogP contribution is 2.42. The largest absolute Gasteiger partial charge is 0.287 e. The van der Waals surface area contributed by atoms with Crippen molar-refractivity contribution in [1.82, 2.24) is 0 Å². The summed E-state index contributed by atoms with van der Waals surface area (Å²) < 4.78 is 0.152. The number of alkyl halides is 1. The topological polar surface area (TPSA) is 17.1 Å². The molecule has 0 bridgehead atoms. The second kappa shape index (κ2) is 4.04. The zero-order chi connectivity index (χ0) is 8.32. The molecular formula is C8H12Br2O. The Balaban J connectivity index is 2.52. The van der Waals surface area contributed by atoms with Crippen LogP contribution in [0.3, 0.4) is 0 Å². The minimum absolute atomic E-state index is 0.152. The van der Waals surface area contributed by atoms with E-state index >= 15 is 0 Å². The van der Waals surface area contributed by atoms with Crippen LogP contribution >= 0.6 is 31.9 Å². The molecule has 0 unspecified atom stereocenters. The SMILES string of the molecule is O=C(Br)CC1(CBr)CCCC1. The minimum atomic E-state index is 0.152. The molecule has 1 nitrogen and oxygen atoms in total. The molecule has 0 aromatic rings. The number of carbonyl (C=O) groups excluding carboxylic acids is 1. The quantitative estimate of drug-likeness (QED) is 0.574. The summed E-state index contributed by atoms with van der Waals surface area (Å²) in [5.74, 6) is 0. The highest BCUT2D eigenvalue weighted by molar-refractivity contribution is 9.18. The lowest BCUT2D eigenvalue weighted by atomic mass is 9.86. The molecule has 11 heavy (non-hydrogen) atoms. The van der Waals surface area contributed by atoms with Crippen LogP contribution in [0.5, 0.6) is 0 Å². The molecule has 0 heterocycles. The Kier molecular flexibility index (Phi) is 3.56. The summed E-state index contributed by atoms with van der Waals surface area (Å²) in [6.45, 7) is 0.